The number of ether oxygens (including phenoxy) is 1. The number of nitrogens with zero attached hydrogens (tertiary/aromatic N) is 1. The van der Waals surface area contributed by atoms with Crippen LogP contribution in [0.2, 0.25) is 0 Å². The fourth-order valence-electron chi connectivity index (χ4n) is 2.56. The first-order valence-corrected chi connectivity index (χ1v) is 7.30. The molecule has 0 radical (unpaired) electrons. The summed E-state index contributed by atoms with van der Waals surface area (Å²) in [4.78, 5) is 36.2. The predicted molar refractivity (Wildman–Crippen MR) is 80.5 cm³/mol. The molecule has 0 spiro atoms. The minimum atomic E-state index is -0.416. The number of hydrogen-bond donors (Lipinski definition) is 1. The van der Waals surface area contributed by atoms with E-state index in [1.807, 2.05) is 0 Å². The van der Waals surface area contributed by atoms with Crippen LogP contribution in [-0.4, -0.2) is 41.8 Å². The molecule has 0 aromatic heterocycles. The highest BCUT2D eigenvalue weighted by Gasteiger charge is 2.24. The summed E-state index contributed by atoms with van der Waals surface area (Å²) < 4.78 is 5.00. The summed E-state index contributed by atoms with van der Waals surface area (Å²) in [6.07, 6.45) is 1.49. The molecule has 0 unspecified atom stereocenters. The molecular formula is C16H20N2O4. The van der Waals surface area contributed by atoms with Crippen LogP contribution in [0.3, 0.4) is 0 Å². The standard InChI is InChI=1S/C16H20N2O4/c1-11(19)17-14-6-8-18(9-7-14)16(21)13-4-3-5-15(10-13)22-12(2)20/h3-5,10,14H,6-9H2,1-2H3,(H,17,19). The minimum absolute atomic E-state index is 0.0427. The van der Waals surface area contributed by atoms with Crippen LogP contribution in [0.5, 0.6) is 5.75 Å². The summed E-state index contributed by atoms with van der Waals surface area (Å²) in [6.45, 7) is 4.02. The second kappa shape index (κ2) is 7.06. The quantitative estimate of drug-likeness (QED) is 0.675. The summed E-state index contributed by atoms with van der Waals surface area (Å²) in [5.74, 6) is -0.179. The first kappa shape index (κ1) is 16.0. The van der Waals surface area contributed by atoms with E-state index < -0.39 is 5.97 Å². The van der Waals surface area contributed by atoms with Crippen molar-refractivity contribution in [3.8, 4) is 5.75 Å². The zero-order chi connectivity index (χ0) is 16.1. The van der Waals surface area contributed by atoms with Crippen molar-refractivity contribution in [3.63, 3.8) is 0 Å². The van der Waals surface area contributed by atoms with Gasteiger partial charge in [-0.05, 0) is 31.0 Å². The lowest BCUT2D eigenvalue weighted by Gasteiger charge is -2.32. The van der Waals surface area contributed by atoms with Gasteiger partial charge in [0.05, 0.1) is 0 Å². The molecule has 0 bridgehead atoms. The lowest BCUT2D eigenvalue weighted by Crippen LogP contribution is -2.46. The Labute approximate surface area is 129 Å². The second-order valence-corrected chi connectivity index (χ2v) is 5.39. The SMILES string of the molecule is CC(=O)NC1CCN(C(=O)c2cccc(OC(C)=O)c2)CC1. The van der Waals surface area contributed by atoms with Crippen LogP contribution in [0.4, 0.5) is 0 Å². The van der Waals surface area contributed by atoms with Crippen molar-refractivity contribution in [2.75, 3.05) is 13.1 Å². The van der Waals surface area contributed by atoms with E-state index in [0.29, 0.717) is 24.4 Å². The van der Waals surface area contributed by atoms with Crippen LogP contribution < -0.4 is 10.1 Å². The van der Waals surface area contributed by atoms with Crippen LogP contribution in [0.1, 0.15) is 37.0 Å². The van der Waals surface area contributed by atoms with E-state index in [2.05, 4.69) is 5.32 Å². The molecule has 1 aliphatic heterocycles. The predicted octanol–water partition coefficient (Wildman–Crippen LogP) is 1.35. The Kier molecular flexibility index (Phi) is 5.14. The number of hydrogen-bond acceptors (Lipinski definition) is 4. The van der Waals surface area contributed by atoms with Gasteiger partial charge in [0, 0.05) is 38.5 Å². The average Bonchev–Trinajstić information content (AvgIpc) is 2.46. The molecule has 2 rings (SSSR count). The Hall–Kier alpha value is -2.37. The number of carbonyl (C=O) groups excluding carboxylic acids is 3. The van der Waals surface area contributed by atoms with Crippen molar-refractivity contribution in [2.24, 2.45) is 0 Å². The van der Waals surface area contributed by atoms with E-state index in [-0.39, 0.29) is 17.9 Å². The van der Waals surface area contributed by atoms with Gasteiger partial charge in [0.2, 0.25) is 5.91 Å². The molecule has 0 saturated carbocycles. The summed E-state index contributed by atoms with van der Waals surface area (Å²) in [5, 5.41) is 2.88. The zero-order valence-corrected chi connectivity index (χ0v) is 12.8. The highest BCUT2D eigenvalue weighted by atomic mass is 16.5. The fourth-order valence-corrected chi connectivity index (χ4v) is 2.56. The average molecular weight is 304 g/mol. The molecule has 0 aliphatic carbocycles. The van der Waals surface area contributed by atoms with Crippen molar-refractivity contribution < 1.29 is 19.1 Å². The number of amides is 2. The van der Waals surface area contributed by atoms with E-state index in [0.717, 1.165) is 12.8 Å². The number of carbonyl (C=O) groups is 3. The highest BCUT2D eigenvalue weighted by Crippen LogP contribution is 2.18. The Balaban J connectivity index is 1.98. The lowest BCUT2D eigenvalue weighted by atomic mass is 10.0. The molecule has 6 nitrogen and oxygen atoms in total. The van der Waals surface area contributed by atoms with Crippen LogP contribution >= 0.6 is 0 Å². The van der Waals surface area contributed by atoms with Crippen molar-refractivity contribution in [3.05, 3.63) is 29.8 Å². The van der Waals surface area contributed by atoms with Crippen LogP contribution in [0, 0.1) is 0 Å². The minimum Gasteiger partial charge on any atom is -0.427 e. The molecule has 1 saturated heterocycles. The van der Waals surface area contributed by atoms with Gasteiger partial charge in [-0.3, -0.25) is 14.4 Å². The summed E-state index contributed by atoms with van der Waals surface area (Å²) in [6, 6.07) is 6.74. The maximum absolute atomic E-state index is 12.5. The molecular weight excluding hydrogens is 284 g/mol. The first-order valence-electron chi connectivity index (χ1n) is 7.30. The Morgan fingerprint density at radius 2 is 1.86 bits per heavy atom. The fraction of sp³-hybridized carbons (Fsp3) is 0.438. The van der Waals surface area contributed by atoms with Gasteiger partial charge in [-0.1, -0.05) is 6.07 Å². The maximum atomic E-state index is 12.5. The van der Waals surface area contributed by atoms with E-state index >= 15 is 0 Å². The summed E-state index contributed by atoms with van der Waals surface area (Å²) >= 11 is 0. The third-order valence-corrected chi connectivity index (χ3v) is 3.53. The van der Waals surface area contributed by atoms with Crippen LogP contribution in [-0.2, 0) is 9.59 Å². The Bertz CT molecular complexity index is 577. The van der Waals surface area contributed by atoms with Gasteiger partial charge in [0.25, 0.3) is 5.91 Å². The van der Waals surface area contributed by atoms with E-state index in [1.54, 1.807) is 29.2 Å². The molecule has 0 atom stereocenters. The molecule has 1 aliphatic rings. The summed E-state index contributed by atoms with van der Waals surface area (Å²) in [5.41, 5.74) is 0.497. The number of benzene rings is 1. The topological polar surface area (TPSA) is 75.7 Å². The van der Waals surface area contributed by atoms with Crippen molar-refractivity contribution >= 4 is 17.8 Å². The smallest absolute Gasteiger partial charge is 0.308 e. The molecule has 118 valence electrons. The van der Waals surface area contributed by atoms with Gasteiger partial charge >= 0.3 is 5.97 Å². The molecule has 6 heteroatoms. The van der Waals surface area contributed by atoms with E-state index in [4.69, 9.17) is 4.74 Å². The maximum Gasteiger partial charge on any atom is 0.308 e. The third-order valence-electron chi connectivity index (χ3n) is 3.53. The molecule has 1 fully saturated rings. The van der Waals surface area contributed by atoms with E-state index in [9.17, 15) is 14.4 Å². The van der Waals surface area contributed by atoms with Gasteiger partial charge in [0.15, 0.2) is 0 Å². The molecule has 1 heterocycles. The number of nitrogens with one attached hydrogen (secondary N) is 1. The van der Waals surface area contributed by atoms with Gasteiger partial charge in [-0.2, -0.15) is 0 Å². The number of rotatable bonds is 3. The van der Waals surface area contributed by atoms with Crippen molar-refractivity contribution in [2.45, 2.75) is 32.7 Å². The van der Waals surface area contributed by atoms with Crippen molar-refractivity contribution in [1.29, 1.82) is 0 Å². The van der Waals surface area contributed by atoms with Crippen LogP contribution in [0.25, 0.3) is 0 Å². The van der Waals surface area contributed by atoms with Gasteiger partial charge in [0.1, 0.15) is 5.75 Å². The lowest BCUT2D eigenvalue weighted by molar-refractivity contribution is -0.131. The largest absolute Gasteiger partial charge is 0.427 e. The highest BCUT2D eigenvalue weighted by molar-refractivity contribution is 5.94. The van der Waals surface area contributed by atoms with Gasteiger partial charge in [-0.25, -0.2) is 0 Å². The third kappa shape index (κ3) is 4.31. The summed E-state index contributed by atoms with van der Waals surface area (Å²) in [7, 11) is 0. The normalized spacial score (nSPS) is 15.3. The van der Waals surface area contributed by atoms with E-state index in [1.165, 1.54) is 13.8 Å². The van der Waals surface area contributed by atoms with Crippen molar-refractivity contribution in [1.82, 2.24) is 10.2 Å². The Morgan fingerprint density at radius 1 is 1.18 bits per heavy atom. The number of piperidine rings is 1. The second-order valence-electron chi connectivity index (χ2n) is 5.39. The molecule has 1 N–H and O–H groups in total. The molecule has 2 amide bonds. The zero-order valence-electron chi connectivity index (χ0n) is 12.8. The molecule has 1 aromatic rings. The number of likely N-dealkylation sites (tertiary alicyclic amines) is 1. The molecule has 22 heavy (non-hydrogen) atoms. The van der Waals surface area contributed by atoms with Gasteiger partial charge < -0.3 is 15.0 Å². The monoisotopic (exact) mass is 304 g/mol. The van der Waals surface area contributed by atoms with Crippen LogP contribution in [0.15, 0.2) is 24.3 Å². The Morgan fingerprint density at radius 3 is 2.45 bits per heavy atom. The van der Waals surface area contributed by atoms with Gasteiger partial charge in [-0.15, -0.1) is 0 Å². The first-order chi connectivity index (χ1) is 10.5. The number of esters is 1. The molecule has 1 aromatic carbocycles.